The third-order valence-electron chi connectivity index (χ3n) is 3.56. The van der Waals surface area contributed by atoms with Crippen molar-refractivity contribution >= 4 is 23.3 Å². The quantitative estimate of drug-likeness (QED) is 0.655. The van der Waals surface area contributed by atoms with Gasteiger partial charge in [0.2, 0.25) is 0 Å². The van der Waals surface area contributed by atoms with Gasteiger partial charge in [-0.05, 0) is 42.7 Å². The lowest BCUT2D eigenvalue weighted by atomic mass is 9.97. The number of carbonyl (C=O) groups is 2. The summed E-state index contributed by atoms with van der Waals surface area (Å²) in [7, 11) is 0. The number of urea groups is 1. The summed E-state index contributed by atoms with van der Waals surface area (Å²) in [6.07, 6.45) is 2.62. The van der Waals surface area contributed by atoms with Gasteiger partial charge < -0.3 is 15.7 Å². The fourth-order valence-electron chi connectivity index (χ4n) is 2.08. The predicted octanol–water partition coefficient (Wildman–Crippen LogP) is 3.14. The molecule has 0 aromatic carbocycles. The van der Waals surface area contributed by atoms with E-state index in [2.05, 4.69) is 10.6 Å². The van der Waals surface area contributed by atoms with Gasteiger partial charge in [-0.15, -0.1) is 11.3 Å². The lowest BCUT2D eigenvalue weighted by Crippen LogP contribution is -2.36. The Kier molecular flexibility index (Phi) is 7.82. The summed E-state index contributed by atoms with van der Waals surface area (Å²) in [5.74, 6) is -0.411. The van der Waals surface area contributed by atoms with E-state index in [1.54, 1.807) is 11.3 Å². The molecular weight excluding hydrogens is 288 g/mol. The van der Waals surface area contributed by atoms with Crippen molar-refractivity contribution in [1.29, 1.82) is 0 Å². The highest BCUT2D eigenvalue weighted by atomic mass is 32.1. The van der Waals surface area contributed by atoms with E-state index in [1.165, 1.54) is 5.56 Å². The van der Waals surface area contributed by atoms with Crippen molar-refractivity contribution in [2.45, 2.75) is 46.1 Å². The van der Waals surface area contributed by atoms with E-state index in [1.807, 2.05) is 25.3 Å². The van der Waals surface area contributed by atoms with Crippen molar-refractivity contribution < 1.29 is 14.7 Å². The minimum absolute atomic E-state index is 0.170. The zero-order chi connectivity index (χ0) is 15.7. The molecule has 0 aliphatic carbocycles. The molecule has 0 radical (unpaired) electrons. The van der Waals surface area contributed by atoms with Gasteiger partial charge in [0, 0.05) is 17.8 Å². The second-order valence-corrected chi connectivity index (χ2v) is 6.13. The molecule has 1 aromatic heterocycles. The summed E-state index contributed by atoms with van der Waals surface area (Å²) in [6.45, 7) is 5.20. The number of nitrogens with one attached hydrogen (secondary N) is 2. The summed E-state index contributed by atoms with van der Waals surface area (Å²) < 4.78 is 0. The zero-order valence-corrected chi connectivity index (χ0v) is 13.5. The lowest BCUT2D eigenvalue weighted by molar-refractivity contribution is -0.137. The van der Waals surface area contributed by atoms with Crippen molar-refractivity contribution in [2.24, 2.45) is 5.92 Å². The molecule has 0 saturated heterocycles. The van der Waals surface area contributed by atoms with E-state index >= 15 is 0 Å². The monoisotopic (exact) mass is 312 g/mol. The number of carbonyl (C=O) groups excluding carboxylic acids is 1. The summed E-state index contributed by atoms with van der Waals surface area (Å²) in [5.41, 5.74) is 1.19. The summed E-state index contributed by atoms with van der Waals surface area (Å²) in [5, 5.41) is 16.3. The van der Waals surface area contributed by atoms with E-state index < -0.39 is 5.97 Å². The Morgan fingerprint density at radius 2 is 2.10 bits per heavy atom. The smallest absolute Gasteiger partial charge is 0.315 e. The maximum Gasteiger partial charge on any atom is 0.315 e. The maximum atomic E-state index is 11.7. The highest BCUT2D eigenvalue weighted by molar-refractivity contribution is 7.10. The molecule has 0 aliphatic heterocycles. The van der Waals surface area contributed by atoms with Crippen LogP contribution in [0.5, 0.6) is 0 Å². The Morgan fingerprint density at radius 3 is 2.67 bits per heavy atom. The number of carboxylic acid groups (broad SMARTS) is 1. The number of aryl methyl sites for hydroxylation is 1. The van der Waals surface area contributed by atoms with E-state index in [4.69, 9.17) is 5.11 Å². The van der Waals surface area contributed by atoms with E-state index in [-0.39, 0.29) is 12.5 Å². The van der Waals surface area contributed by atoms with Crippen LogP contribution in [0.4, 0.5) is 4.79 Å². The van der Waals surface area contributed by atoms with Crippen LogP contribution in [0.3, 0.4) is 0 Å². The molecule has 3 N–H and O–H groups in total. The minimum Gasteiger partial charge on any atom is -0.481 e. The first-order valence-electron chi connectivity index (χ1n) is 7.29. The molecule has 0 aliphatic rings. The van der Waals surface area contributed by atoms with Crippen molar-refractivity contribution in [2.75, 3.05) is 6.54 Å². The third-order valence-corrected chi connectivity index (χ3v) is 4.58. The summed E-state index contributed by atoms with van der Waals surface area (Å²) in [6, 6.07) is 1.87. The van der Waals surface area contributed by atoms with Gasteiger partial charge in [-0.25, -0.2) is 4.79 Å². The molecule has 5 nitrogen and oxygen atoms in total. The molecule has 1 atom stereocenters. The van der Waals surface area contributed by atoms with Crippen LogP contribution >= 0.6 is 11.3 Å². The standard InChI is InChI=1S/C15H24N2O3S/c1-3-12(4-5-14(18)19)6-8-16-15(20)17-10-13-11(2)7-9-21-13/h7,9,12H,3-6,8,10H2,1-2H3,(H,18,19)(H2,16,17,20). The first-order chi connectivity index (χ1) is 10.0. The van der Waals surface area contributed by atoms with Gasteiger partial charge in [0.15, 0.2) is 0 Å². The van der Waals surface area contributed by atoms with Gasteiger partial charge in [0.05, 0.1) is 6.54 Å². The molecule has 0 fully saturated rings. The number of rotatable bonds is 9. The average molecular weight is 312 g/mol. The molecule has 118 valence electrons. The Balaban J connectivity index is 2.17. The van der Waals surface area contributed by atoms with Gasteiger partial charge in [0.25, 0.3) is 0 Å². The van der Waals surface area contributed by atoms with Crippen molar-refractivity contribution in [3.63, 3.8) is 0 Å². The van der Waals surface area contributed by atoms with Crippen LogP contribution in [0, 0.1) is 12.8 Å². The topological polar surface area (TPSA) is 78.4 Å². The molecule has 0 saturated carbocycles. The Bertz CT molecular complexity index is 460. The van der Waals surface area contributed by atoms with Crippen LogP contribution in [0.1, 0.15) is 43.0 Å². The number of thiophene rings is 1. The van der Waals surface area contributed by atoms with Crippen LogP contribution in [0.15, 0.2) is 11.4 Å². The highest BCUT2D eigenvalue weighted by Crippen LogP contribution is 2.15. The van der Waals surface area contributed by atoms with Crippen molar-refractivity contribution in [1.82, 2.24) is 10.6 Å². The van der Waals surface area contributed by atoms with Crippen molar-refractivity contribution in [3.8, 4) is 0 Å². The molecule has 21 heavy (non-hydrogen) atoms. The second kappa shape index (κ2) is 9.39. The fraction of sp³-hybridized carbons (Fsp3) is 0.600. The molecule has 1 rings (SSSR count). The largest absolute Gasteiger partial charge is 0.481 e. The Labute approximate surface area is 129 Å². The average Bonchev–Trinajstić information content (AvgIpc) is 2.85. The van der Waals surface area contributed by atoms with Gasteiger partial charge in [-0.2, -0.15) is 0 Å². The van der Waals surface area contributed by atoms with Gasteiger partial charge >= 0.3 is 12.0 Å². The van der Waals surface area contributed by atoms with E-state index in [0.29, 0.717) is 25.4 Å². The number of amides is 2. The number of hydrogen-bond acceptors (Lipinski definition) is 3. The lowest BCUT2D eigenvalue weighted by Gasteiger charge is -2.14. The van der Waals surface area contributed by atoms with Crippen LogP contribution in [0.2, 0.25) is 0 Å². The Hall–Kier alpha value is -1.56. The first kappa shape index (κ1) is 17.5. The first-order valence-corrected chi connectivity index (χ1v) is 8.17. The number of carboxylic acids is 1. The minimum atomic E-state index is -0.759. The van der Waals surface area contributed by atoms with E-state index in [9.17, 15) is 9.59 Å². The van der Waals surface area contributed by atoms with Crippen LogP contribution in [-0.2, 0) is 11.3 Å². The predicted molar refractivity (Wildman–Crippen MR) is 84.6 cm³/mol. The number of hydrogen-bond donors (Lipinski definition) is 3. The summed E-state index contributed by atoms with van der Waals surface area (Å²) in [4.78, 5) is 23.4. The SMILES string of the molecule is CCC(CCNC(=O)NCc1sccc1C)CCC(=O)O. The second-order valence-electron chi connectivity index (χ2n) is 5.13. The van der Waals surface area contributed by atoms with Gasteiger partial charge in [0.1, 0.15) is 0 Å². The molecule has 0 spiro atoms. The van der Waals surface area contributed by atoms with Gasteiger partial charge in [-0.1, -0.05) is 13.3 Å². The molecule has 1 heterocycles. The molecule has 1 aromatic rings. The van der Waals surface area contributed by atoms with Crippen LogP contribution in [-0.4, -0.2) is 23.7 Å². The van der Waals surface area contributed by atoms with Crippen LogP contribution < -0.4 is 10.6 Å². The van der Waals surface area contributed by atoms with Gasteiger partial charge in [-0.3, -0.25) is 4.79 Å². The third kappa shape index (κ3) is 7.13. The highest BCUT2D eigenvalue weighted by Gasteiger charge is 2.10. The molecule has 1 unspecified atom stereocenters. The normalized spacial score (nSPS) is 11.9. The fourth-order valence-corrected chi connectivity index (χ4v) is 2.92. The molecular formula is C15H24N2O3S. The van der Waals surface area contributed by atoms with Crippen LogP contribution in [0.25, 0.3) is 0 Å². The maximum absolute atomic E-state index is 11.7. The molecule has 0 bridgehead atoms. The molecule has 2 amide bonds. The molecule has 6 heteroatoms. The summed E-state index contributed by atoms with van der Waals surface area (Å²) >= 11 is 1.64. The van der Waals surface area contributed by atoms with E-state index in [0.717, 1.165) is 17.7 Å². The number of aliphatic carboxylic acids is 1. The zero-order valence-electron chi connectivity index (χ0n) is 12.6. The Morgan fingerprint density at radius 1 is 1.33 bits per heavy atom. The van der Waals surface area contributed by atoms with Crippen molar-refractivity contribution in [3.05, 3.63) is 21.9 Å².